The van der Waals surface area contributed by atoms with Crippen LogP contribution in [-0.4, -0.2) is 20.9 Å². The molecule has 0 bridgehead atoms. The minimum Gasteiger partial charge on any atom is -0.468 e. The number of amides is 1. The number of rotatable bonds is 6. The molecule has 0 saturated heterocycles. The number of furan rings is 1. The van der Waals surface area contributed by atoms with Gasteiger partial charge in [0.2, 0.25) is 0 Å². The Hall–Kier alpha value is -3.00. The summed E-state index contributed by atoms with van der Waals surface area (Å²) in [5.74, 6) is -1.42. The highest BCUT2D eigenvalue weighted by atomic mass is 32.2. The number of halogens is 2. The molecule has 1 amide bonds. The van der Waals surface area contributed by atoms with E-state index >= 15 is 0 Å². The van der Waals surface area contributed by atoms with Crippen molar-refractivity contribution in [3.8, 4) is 0 Å². The average Bonchev–Trinajstić information content (AvgIpc) is 3.18. The third-order valence-electron chi connectivity index (χ3n) is 4.25. The Kier molecular flexibility index (Phi) is 5.60. The molecule has 5 nitrogen and oxygen atoms in total. The van der Waals surface area contributed by atoms with Crippen LogP contribution in [0.4, 0.5) is 8.78 Å². The number of nitrogens with one attached hydrogen (secondary N) is 1. The fourth-order valence-electron chi connectivity index (χ4n) is 2.68. The lowest BCUT2D eigenvalue weighted by molar-refractivity contribution is 0.0953. The van der Waals surface area contributed by atoms with Gasteiger partial charge in [-0.05, 0) is 67.1 Å². The monoisotopic (exact) mass is 405 g/mol. The second-order valence-electron chi connectivity index (χ2n) is 6.18. The normalized spacial score (nSPS) is 12.5. The predicted molar refractivity (Wildman–Crippen MR) is 98.5 cm³/mol. The van der Waals surface area contributed by atoms with Gasteiger partial charge in [0.15, 0.2) is 9.84 Å². The maximum absolute atomic E-state index is 13.5. The SMILES string of the molecule is Cc1cc(S(=O)(=O)C(CNC(=O)c2ccc(F)cc2)c2ccco2)ccc1F. The molecule has 146 valence electrons. The van der Waals surface area contributed by atoms with Crippen LogP contribution in [0.5, 0.6) is 0 Å². The van der Waals surface area contributed by atoms with Crippen molar-refractivity contribution >= 4 is 15.7 Å². The number of carbonyl (C=O) groups excluding carboxylic acids is 1. The Morgan fingerprint density at radius 2 is 1.82 bits per heavy atom. The molecule has 1 unspecified atom stereocenters. The maximum Gasteiger partial charge on any atom is 0.251 e. The molecule has 1 aromatic heterocycles. The van der Waals surface area contributed by atoms with Gasteiger partial charge < -0.3 is 9.73 Å². The van der Waals surface area contributed by atoms with Crippen LogP contribution in [0.15, 0.2) is 70.2 Å². The zero-order valence-electron chi connectivity index (χ0n) is 14.9. The summed E-state index contributed by atoms with van der Waals surface area (Å²) in [7, 11) is -3.98. The molecule has 2 aromatic carbocycles. The van der Waals surface area contributed by atoms with Gasteiger partial charge in [-0.15, -0.1) is 0 Å². The molecule has 1 heterocycles. The van der Waals surface area contributed by atoms with Gasteiger partial charge in [-0.1, -0.05) is 0 Å². The topological polar surface area (TPSA) is 76.4 Å². The lowest BCUT2D eigenvalue weighted by Gasteiger charge is -2.17. The van der Waals surface area contributed by atoms with E-state index in [0.717, 1.165) is 18.2 Å². The fourth-order valence-corrected chi connectivity index (χ4v) is 4.35. The van der Waals surface area contributed by atoms with E-state index in [1.165, 1.54) is 49.6 Å². The van der Waals surface area contributed by atoms with Crippen LogP contribution in [0, 0.1) is 18.6 Å². The zero-order valence-corrected chi connectivity index (χ0v) is 15.7. The summed E-state index contributed by atoms with van der Waals surface area (Å²) in [4.78, 5) is 12.2. The van der Waals surface area contributed by atoms with Gasteiger partial charge in [0, 0.05) is 12.1 Å². The van der Waals surface area contributed by atoms with E-state index in [4.69, 9.17) is 4.42 Å². The number of hydrogen-bond donors (Lipinski definition) is 1. The molecule has 1 atom stereocenters. The Balaban J connectivity index is 1.88. The highest BCUT2D eigenvalue weighted by molar-refractivity contribution is 7.91. The average molecular weight is 405 g/mol. The lowest BCUT2D eigenvalue weighted by Crippen LogP contribution is -2.31. The van der Waals surface area contributed by atoms with Crippen molar-refractivity contribution in [3.05, 3.63) is 89.4 Å². The Morgan fingerprint density at radius 1 is 1.11 bits per heavy atom. The number of benzene rings is 2. The van der Waals surface area contributed by atoms with E-state index in [2.05, 4.69) is 5.32 Å². The van der Waals surface area contributed by atoms with Crippen molar-refractivity contribution in [2.24, 2.45) is 0 Å². The van der Waals surface area contributed by atoms with Crippen molar-refractivity contribution < 1.29 is 26.4 Å². The van der Waals surface area contributed by atoms with Gasteiger partial charge in [-0.2, -0.15) is 0 Å². The van der Waals surface area contributed by atoms with E-state index in [0.29, 0.717) is 0 Å². The minimum absolute atomic E-state index is 0.0798. The Labute approximate surface area is 160 Å². The van der Waals surface area contributed by atoms with E-state index in [-0.39, 0.29) is 28.3 Å². The summed E-state index contributed by atoms with van der Waals surface area (Å²) in [5, 5.41) is 1.32. The molecule has 3 rings (SSSR count). The fraction of sp³-hybridized carbons (Fsp3) is 0.150. The first-order valence-corrected chi connectivity index (χ1v) is 9.91. The molecule has 0 saturated carbocycles. The minimum atomic E-state index is -3.98. The van der Waals surface area contributed by atoms with Gasteiger partial charge >= 0.3 is 0 Å². The van der Waals surface area contributed by atoms with Crippen LogP contribution in [0.25, 0.3) is 0 Å². The van der Waals surface area contributed by atoms with Crippen molar-refractivity contribution in [1.82, 2.24) is 5.32 Å². The number of aryl methyl sites for hydroxylation is 1. The quantitative estimate of drug-likeness (QED) is 0.633. The standard InChI is InChI=1S/C20H17F2NO4S/c1-13-11-16(8-9-17(13)22)28(25,26)19(18-3-2-10-27-18)12-23-20(24)14-4-6-15(21)7-5-14/h2-11,19H,12H2,1H3,(H,23,24). The second-order valence-corrected chi connectivity index (χ2v) is 8.31. The third kappa shape index (κ3) is 4.12. The molecule has 0 aliphatic carbocycles. The summed E-state index contributed by atoms with van der Waals surface area (Å²) in [5.41, 5.74) is 0.379. The van der Waals surface area contributed by atoms with Gasteiger partial charge in [0.1, 0.15) is 22.6 Å². The van der Waals surface area contributed by atoms with Crippen LogP contribution in [0.2, 0.25) is 0 Å². The summed E-state index contributed by atoms with van der Waals surface area (Å²) in [6.07, 6.45) is 1.33. The van der Waals surface area contributed by atoms with Crippen molar-refractivity contribution in [3.63, 3.8) is 0 Å². The predicted octanol–water partition coefficient (Wildman–Crippen LogP) is 3.81. The summed E-state index contributed by atoms with van der Waals surface area (Å²) in [6.45, 7) is 1.19. The van der Waals surface area contributed by atoms with Crippen molar-refractivity contribution in [2.75, 3.05) is 6.54 Å². The number of sulfone groups is 1. The van der Waals surface area contributed by atoms with E-state index in [1.807, 2.05) is 0 Å². The van der Waals surface area contributed by atoms with Crippen LogP contribution in [0.3, 0.4) is 0 Å². The molecule has 3 aromatic rings. The van der Waals surface area contributed by atoms with Crippen LogP contribution in [-0.2, 0) is 9.84 Å². The summed E-state index contributed by atoms with van der Waals surface area (Å²) >= 11 is 0. The molecule has 0 spiro atoms. The van der Waals surface area contributed by atoms with E-state index in [9.17, 15) is 22.0 Å². The molecular formula is C20H17F2NO4S. The molecule has 0 fully saturated rings. The molecule has 0 aliphatic rings. The zero-order chi connectivity index (χ0) is 20.3. The second kappa shape index (κ2) is 7.93. The molecular weight excluding hydrogens is 388 g/mol. The third-order valence-corrected chi connectivity index (χ3v) is 6.31. The highest BCUT2D eigenvalue weighted by Gasteiger charge is 2.32. The number of carbonyl (C=O) groups is 1. The Bertz CT molecular complexity index is 1080. The van der Waals surface area contributed by atoms with Gasteiger partial charge in [-0.3, -0.25) is 4.79 Å². The Morgan fingerprint density at radius 3 is 2.43 bits per heavy atom. The summed E-state index contributed by atoms with van der Waals surface area (Å²) in [6, 6.07) is 11.4. The van der Waals surface area contributed by atoms with Crippen molar-refractivity contribution in [2.45, 2.75) is 17.1 Å². The molecule has 0 aliphatic heterocycles. The molecule has 1 N–H and O–H groups in total. The smallest absolute Gasteiger partial charge is 0.251 e. The number of hydrogen-bond acceptors (Lipinski definition) is 4. The van der Waals surface area contributed by atoms with Crippen molar-refractivity contribution in [1.29, 1.82) is 0 Å². The first-order chi connectivity index (χ1) is 13.3. The highest BCUT2D eigenvalue weighted by Crippen LogP contribution is 2.30. The van der Waals surface area contributed by atoms with Gasteiger partial charge in [0.25, 0.3) is 5.91 Å². The maximum atomic E-state index is 13.5. The van der Waals surface area contributed by atoms with Gasteiger partial charge in [-0.25, -0.2) is 17.2 Å². The van der Waals surface area contributed by atoms with Crippen LogP contribution < -0.4 is 5.32 Å². The molecule has 0 radical (unpaired) electrons. The molecule has 28 heavy (non-hydrogen) atoms. The summed E-state index contributed by atoms with van der Waals surface area (Å²) < 4.78 is 58.0. The first kappa shape index (κ1) is 19.8. The molecule has 8 heteroatoms. The van der Waals surface area contributed by atoms with Crippen LogP contribution >= 0.6 is 0 Å². The van der Waals surface area contributed by atoms with Crippen LogP contribution in [0.1, 0.15) is 26.9 Å². The van der Waals surface area contributed by atoms with E-state index in [1.54, 1.807) is 0 Å². The van der Waals surface area contributed by atoms with E-state index < -0.39 is 32.6 Å². The first-order valence-electron chi connectivity index (χ1n) is 8.36. The largest absolute Gasteiger partial charge is 0.468 e. The van der Waals surface area contributed by atoms with Gasteiger partial charge in [0.05, 0.1) is 11.2 Å². The lowest BCUT2D eigenvalue weighted by atomic mass is 10.2.